The normalized spacial score (nSPS) is 17.1. The van der Waals surface area contributed by atoms with E-state index in [4.69, 9.17) is 0 Å². The van der Waals surface area contributed by atoms with E-state index in [-0.39, 0.29) is 17.7 Å². The monoisotopic (exact) mass is 436 g/mol. The molecule has 0 spiro atoms. The Morgan fingerprint density at radius 2 is 2.00 bits per heavy atom. The van der Waals surface area contributed by atoms with E-state index in [9.17, 15) is 9.59 Å². The van der Waals surface area contributed by atoms with Crippen molar-refractivity contribution in [1.82, 2.24) is 19.6 Å². The fourth-order valence-corrected chi connectivity index (χ4v) is 5.04. The highest BCUT2D eigenvalue weighted by molar-refractivity contribution is 7.13. The van der Waals surface area contributed by atoms with E-state index in [2.05, 4.69) is 35.6 Å². The predicted octanol–water partition coefficient (Wildman–Crippen LogP) is 3.70. The zero-order valence-electron chi connectivity index (χ0n) is 18.0. The summed E-state index contributed by atoms with van der Waals surface area (Å²) in [4.78, 5) is 31.6. The highest BCUT2D eigenvalue weighted by Crippen LogP contribution is 2.30. The molecule has 1 aliphatic rings. The Morgan fingerprint density at radius 3 is 2.71 bits per heavy atom. The van der Waals surface area contributed by atoms with Gasteiger partial charge in [0, 0.05) is 44.3 Å². The Kier molecular flexibility index (Phi) is 6.51. The van der Waals surface area contributed by atoms with E-state index in [1.54, 1.807) is 35.3 Å². The molecule has 0 bridgehead atoms. The van der Waals surface area contributed by atoms with Crippen LogP contribution in [0.1, 0.15) is 29.4 Å². The first-order chi connectivity index (χ1) is 15.1. The molecule has 0 radical (unpaired) electrons. The van der Waals surface area contributed by atoms with Crippen molar-refractivity contribution in [2.45, 2.75) is 19.8 Å². The molecule has 3 aromatic rings. The van der Waals surface area contributed by atoms with Gasteiger partial charge in [-0.1, -0.05) is 37.3 Å². The number of benzene rings is 1. The average Bonchev–Trinajstić information content (AvgIpc) is 3.43. The number of rotatable bonds is 6. The van der Waals surface area contributed by atoms with Crippen LogP contribution in [0.25, 0.3) is 10.4 Å². The van der Waals surface area contributed by atoms with Crippen LogP contribution in [0.3, 0.4) is 0 Å². The molecule has 6 nitrogen and oxygen atoms in total. The average molecular weight is 437 g/mol. The summed E-state index contributed by atoms with van der Waals surface area (Å²) < 4.78 is 1.60. The summed E-state index contributed by atoms with van der Waals surface area (Å²) in [6.45, 7) is 4.33. The van der Waals surface area contributed by atoms with Gasteiger partial charge in [0.2, 0.25) is 5.91 Å². The van der Waals surface area contributed by atoms with Gasteiger partial charge in [-0.15, -0.1) is 11.3 Å². The molecule has 1 fully saturated rings. The van der Waals surface area contributed by atoms with Gasteiger partial charge in [-0.2, -0.15) is 5.10 Å². The summed E-state index contributed by atoms with van der Waals surface area (Å²) in [6.07, 6.45) is 3.15. The van der Waals surface area contributed by atoms with Crippen LogP contribution in [-0.4, -0.2) is 57.6 Å². The molecule has 0 N–H and O–H groups in total. The lowest BCUT2D eigenvalue weighted by Gasteiger charge is -2.24. The number of aryl methyl sites for hydroxylation is 1. The highest BCUT2D eigenvalue weighted by Gasteiger charge is 2.33. The maximum Gasteiger partial charge on any atom is 0.272 e. The van der Waals surface area contributed by atoms with Crippen molar-refractivity contribution in [1.29, 1.82) is 0 Å². The fourth-order valence-electron chi connectivity index (χ4n) is 4.26. The van der Waals surface area contributed by atoms with E-state index in [0.717, 1.165) is 18.5 Å². The lowest BCUT2D eigenvalue weighted by Crippen LogP contribution is -2.38. The van der Waals surface area contributed by atoms with Crippen molar-refractivity contribution in [3.05, 3.63) is 65.3 Å². The quantitative estimate of drug-likeness (QED) is 0.592. The standard InChI is InChI=1S/C24H28N4O2S/c1-3-12-27-13-14-28(24(30)21-10-11-25-26(21)2)17-19(23(27)29)16-18-7-4-5-8-20(18)22-9-6-15-31-22/h4-11,15,19H,3,12-14,16-17H2,1-2H3/t19-/m1/s1. The van der Waals surface area contributed by atoms with Crippen molar-refractivity contribution >= 4 is 23.2 Å². The first-order valence-corrected chi connectivity index (χ1v) is 11.6. The first-order valence-electron chi connectivity index (χ1n) is 10.8. The van der Waals surface area contributed by atoms with Crippen LogP contribution in [0.5, 0.6) is 0 Å². The molecule has 0 saturated carbocycles. The number of nitrogens with zero attached hydrogens (tertiary/aromatic N) is 4. The van der Waals surface area contributed by atoms with Crippen molar-refractivity contribution < 1.29 is 9.59 Å². The Hall–Kier alpha value is -2.93. The third-order valence-electron chi connectivity index (χ3n) is 5.83. The van der Waals surface area contributed by atoms with E-state index < -0.39 is 0 Å². The Morgan fingerprint density at radius 1 is 1.16 bits per heavy atom. The number of carbonyl (C=O) groups excluding carboxylic acids is 2. The van der Waals surface area contributed by atoms with E-state index in [1.807, 2.05) is 28.0 Å². The third-order valence-corrected chi connectivity index (χ3v) is 6.74. The van der Waals surface area contributed by atoms with E-state index in [0.29, 0.717) is 31.7 Å². The van der Waals surface area contributed by atoms with Gasteiger partial charge in [0.25, 0.3) is 5.91 Å². The first kappa shape index (κ1) is 21.3. The van der Waals surface area contributed by atoms with Crippen LogP contribution in [-0.2, 0) is 18.3 Å². The number of hydrogen-bond acceptors (Lipinski definition) is 4. The lowest BCUT2D eigenvalue weighted by molar-refractivity contribution is -0.134. The van der Waals surface area contributed by atoms with Gasteiger partial charge < -0.3 is 9.80 Å². The second kappa shape index (κ2) is 9.47. The third kappa shape index (κ3) is 4.56. The summed E-state index contributed by atoms with van der Waals surface area (Å²) in [7, 11) is 1.77. The van der Waals surface area contributed by atoms with Gasteiger partial charge in [-0.05, 0) is 41.5 Å². The van der Waals surface area contributed by atoms with Crippen molar-refractivity contribution in [3.63, 3.8) is 0 Å². The zero-order valence-corrected chi connectivity index (χ0v) is 18.8. The molecular weight excluding hydrogens is 408 g/mol. The number of amides is 2. The number of carbonyl (C=O) groups is 2. The van der Waals surface area contributed by atoms with Crippen LogP contribution < -0.4 is 0 Å². The minimum atomic E-state index is -0.271. The van der Waals surface area contributed by atoms with Crippen molar-refractivity contribution in [2.75, 3.05) is 26.2 Å². The van der Waals surface area contributed by atoms with Crippen molar-refractivity contribution in [2.24, 2.45) is 13.0 Å². The number of aromatic nitrogens is 2. The summed E-state index contributed by atoms with van der Waals surface area (Å²) in [5.74, 6) is -0.196. The van der Waals surface area contributed by atoms with Crippen LogP contribution >= 0.6 is 11.3 Å². The van der Waals surface area contributed by atoms with Crippen molar-refractivity contribution in [3.8, 4) is 10.4 Å². The fraction of sp³-hybridized carbons (Fsp3) is 0.375. The van der Waals surface area contributed by atoms with E-state index >= 15 is 0 Å². The largest absolute Gasteiger partial charge is 0.341 e. The molecule has 162 valence electrons. The summed E-state index contributed by atoms with van der Waals surface area (Å²) in [5.41, 5.74) is 2.87. The number of thiophene rings is 1. The molecule has 0 unspecified atom stereocenters. The Balaban J connectivity index is 1.63. The van der Waals surface area contributed by atoms with Gasteiger partial charge in [0.1, 0.15) is 5.69 Å². The molecule has 0 aliphatic carbocycles. The van der Waals surface area contributed by atoms with Gasteiger partial charge in [0.05, 0.1) is 5.92 Å². The molecule has 3 heterocycles. The van der Waals surface area contributed by atoms with Gasteiger partial charge in [0.15, 0.2) is 0 Å². The van der Waals surface area contributed by atoms with Gasteiger partial charge >= 0.3 is 0 Å². The van der Waals surface area contributed by atoms with Gasteiger partial charge in [-0.25, -0.2) is 0 Å². The SMILES string of the molecule is CCCN1CCN(C(=O)c2ccnn2C)C[C@@H](Cc2ccccc2-c2cccs2)C1=O. The van der Waals surface area contributed by atoms with Crippen LogP contribution in [0.15, 0.2) is 54.0 Å². The zero-order chi connectivity index (χ0) is 21.8. The van der Waals surface area contributed by atoms with E-state index in [1.165, 1.54) is 10.4 Å². The summed E-state index contributed by atoms with van der Waals surface area (Å²) in [6, 6.07) is 14.2. The van der Waals surface area contributed by atoms with Crippen LogP contribution in [0.2, 0.25) is 0 Å². The molecule has 31 heavy (non-hydrogen) atoms. The molecule has 1 aliphatic heterocycles. The molecule has 2 aromatic heterocycles. The molecule has 2 amide bonds. The minimum absolute atomic E-state index is 0.0670. The Labute approximate surface area is 187 Å². The van der Waals surface area contributed by atoms with Crippen LogP contribution in [0, 0.1) is 5.92 Å². The molecule has 1 aromatic carbocycles. The maximum absolute atomic E-state index is 13.4. The lowest BCUT2D eigenvalue weighted by atomic mass is 9.93. The maximum atomic E-state index is 13.4. The Bertz CT molecular complexity index is 1040. The highest BCUT2D eigenvalue weighted by atomic mass is 32.1. The predicted molar refractivity (Wildman–Crippen MR) is 123 cm³/mol. The molecule has 1 atom stereocenters. The second-order valence-corrected chi connectivity index (χ2v) is 8.90. The summed E-state index contributed by atoms with van der Waals surface area (Å²) in [5, 5.41) is 6.20. The topological polar surface area (TPSA) is 58.4 Å². The molecule has 7 heteroatoms. The smallest absolute Gasteiger partial charge is 0.272 e. The second-order valence-electron chi connectivity index (χ2n) is 7.95. The van der Waals surface area contributed by atoms with Crippen LogP contribution in [0.4, 0.5) is 0 Å². The molecule has 4 rings (SSSR count). The minimum Gasteiger partial charge on any atom is -0.341 e. The number of hydrogen-bond donors (Lipinski definition) is 0. The van der Waals surface area contributed by atoms with Gasteiger partial charge in [-0.3, -0.25) is 14.3 Å². The summed E-state index contributed by atoms with van der Waals surface area (Å²) >= 11 is 1.70. The molecule has 1 saturated heterocycles. The molecular formula is C24H28N4O2S.